The average molecular weight is 628 g/mol. The van der Waals surface area contributed by atoms with E-state index in [0.29, 0.717) is 19.3 Å². The number of hydrogen-bond donors (Lipinski definition) is 1. The molecule has 0 aliphatic rings. The first kappa shape index (κ1) is 55.9. The van der Waals surface area contributed by atoms with Crippen LogP contribution < -0.4 is 0 Å². The molecule has 0 aliphatic heterocycles. The second-order valence-electron chi connectivity index (χ2n) is 6.34. The molecule has 2 radical (unpaired) electrons. The van der Waals surface area contributed by atoms with Gasteiger partial charge in [-0.2, -0.15) is 8.42 Å². The first-order valence-electron chi connectivity index (χ1n) is 9.64. The summed E-state index contributed by atoms with van der Waals surface area (Å²) in [5.41, 5.74) is -0.00169. The van der Waals surface area contributed by atoms with Crippen molar-refractivity contribution in [2.45, 2.75) is 70.5 Å². The normalized spacial score (nSPS) is 10.3. The van der Waals surface area contributed by atoms with Crippen molar-refractivity contribution in [3.8, 4) is 0 Å². The van der Waals surface area contributed by atoms with Crippen LogP contribution in [0.1, 0.15) is 57.9 Å². The van der Waals surface area contributed by atoms with Gasteiger partial charge in [0, 0.05) is 33.6 Å². The van der Waals surface area contributed by atoms with Crippen molar-refractivity contribution >= 4 is 10.1 Å². The Hall–Kier alpha value is -1.46. The zero-order chi connectivity index (χ0) is 29.3. The van der Waals surface area contributed by atoms with Gasteiger partial charge in [0.15, 0.2) is 0 Å². The molecule has 0 aliphatic carbocycles. The molecular weight excluding hydrogens is 598 g/mol. The van der Waals surface area contributed by atoms with Gasteiger partial charge in [-0.15, -0.1) is 0 Å². The van der Waals surface area contributed by atoms with E-state index in [1.54, 1.807) is 6.92 Å². The molecule has 0 spiro atoms. The van der Waals surface area contributed by atoms with Gasteiger partial charge >= 0.3 is 67.8 Å². The van der Waals surface area contributed by atoms with Gasteiger partial charge in [0.2, 0.25) is 0 Å². The zero-order valence-electron chi connectivity index (χ0n) is 20.6. The molecule has 1 rings (SSSR count). The Kier molecular flexibility index (Phi) is 67.3. The van der Waals surface area contributed by atoms with E-state index in [1.165, 1.54) is 0 Å². The standard InChI is InChI=1S/C18H30O4S.6CO.2Co/c1-4-5-6-10-14-18(19,16(2)22-23(3,20)21)15-13-17-11-8-7-9-12-17;6*1-2;;/h7-9,11-12,16,19H,4-6,10,13-15H2,1-3H3;;;;;;;;/t16-,18?;;;;;;;;/m0......../s1. The monoisotopic (exact) mass is 628 g/mol. The summed E-state index contributed by atoms with van der Waals surface area (Å²) in [7, 11) is -3.58. The Bertz CT molecular complexity index is 757. The third-order valence-corrected chi connectivity index (χ3v) is 4.87. The number of hydrogen-bond acceptors (Lipinski definition) is 4. The Balaban J connectivity index is -0.0000000877. The molecule has 37 heavy (non-hydrogen) atoms. The van der Waals surface area contributed by atoms with Crippen LogP contribution in [-0.2, 0) is 82.2 Å². The van der Waals surface area contributed by atoms with Gasteiger partial charge < -0.3 is 5.11 Å². The predicted octanol–water partition coefficient (Wildman–Crippen LogP) is 3.46. The number of aliphatic hydroxyl groups is 1. The molecule has 0 bridgehead atoms. The third-order valence-electron chi connectivity index (χ3n) is 4.23. The smallest absolute Gasteiger partial charge is 0 e. The van der Waals surface area contributed by atoms with E-state index in [9.17, 15) is 13.5 Å². The molecule has 1 unspecified atom stereocenters. The summed E-state index contributed by atoms with van der Waals surface area (Å²) in [6.45, 7) is 30.8. The van der Waals surface area contributed by atoms with Crippen LogP contribution in [0.4, 0.5) is 0 Å². The van der Waals surface area contributed by atoms with Crippen molar-refractivity contribution in [1.29, 1.82) is 0 Å². The first-order valence-corrected chi connectivity index (χ1v) is 11.5. The van der Waals surface area contributed by atoms with E-state index in [1.807, 2.05) is 30.3 Å². The van der Waals surface area contributed by atoms with Crippen LogP contribution in [0.15, 0.2) is 30.3 Å². The number of unbranched alkanes of at least 4 members (excludes halogenated alkanes) is 3. The summed E-state index contributed by atoms with van der Waals surface area (Å²) in [4.78, 5) is 0. The molecule has 0 aromatic heterocycles. The minimum atomic E-state index is -3.58. The molecule has 0 amide bonds. The molecule has 2 atom stereocenters. The first-order chi connectivity index (χ1) is 16.8. The largest absolute Gasteiger partial charge is 0 e. The molecular formula is C24H30Co2O10S. The molecule has 1 aromatic rings. The average Bonchev–Trinajstić information content (AvgIpc) is 2.92. The summed E-state index contributed by atoms with van der Waals surface area (Å²) in [5.74, 6) is 0. The maximum absolute atomic E-state index is 11.4. The van der Waals surface area contributed by atoms with Crippen LogP contribution >= 0.6 is 0 Å². The van der Waals surface area contributed by atoms with E-state index < -0.39 is 21.8 Å². The molecule has 0 heterocycles. The van der Waals surface area contributed by atoms with Crippen molar-refractivity contribution in [2.75, 3.05) is 6.26 Å². The Labute approximate surface area is 241 Å². The van der Waals surface area contributed by atoms with Crippen LogP contribution in [0.25, 0.3) is 0 Å². The Morgan fingerprint density at radius 2 is 1.22 bits per heavy atom. The van der Waals surface area contributed by atoms with E-state index >= 15 is 0 Å². The van der Waals surface area contributed by atoms with Crippen molar-refractivity contribution in [3.05, 3.63) is 75.8 Å². The molecule has 13 heteroatoms. The fourth-order valence-electron chi connectivity index (χ4n) is 2.75. The topological polar surface area (TPSA) is 183 Å². The summed E-state index contributed by atoms with van der Waals surface area (Å²) < 4.78 is 72.9. The second-order valence-corrected chi connectivity index (χ2v) is 7.94. The predicted molar refractivity (Wildman–Crippen MR) is 117 cm³/mol. The quantitative estimate of drug-likeness (QED) is 0.171. The maximum atomic E-state index is 11.4. The molecule has 0 saturated heterocycles. The number of aryl methyl sites for hydroxylation is 1. The van der Waals surface area contributed by atoms with Crippen LogP contribution in [0.5, 0.6) is 0 Å². The Morgan fingerprint density at radius 1 is 0.811 bits per heavy atom. The second kappa shape index (κ2) is 44.5. The minimum Gasteiger partial charge on any atom is 0 e. The number of rotatable bonds is 11. The van der Waals surface area contributed by atoms with E-state index in [0.717, 1.165) is 37.5 Å². The van der Waals surface area contributed by atoms with Gasteiger partial charge in [0.05, 0.1) is 11.9 Å². The van der Waals surface area contributed by atoms with Gasteiger partial charge in [-0.05, 0) is 31.7 Å². The minimum absolute atomic E-state index is 0. The Morgan fingerprint density at radius 3 is 1.57 bits per heavy atom. The van der Waals surface area contributed by atoms with Gasteiger partial charge in [0.1, 0.15) is 6.10 Å². The SMILES string of the molecule is CCCCCCC(O)(CCc1ccccc1)[C@H](C)OS(C)(=O)=O.[C-]#[O+].[C-]#[O+].[C-]#[O+].[C-]#[O+].[C-]#[O+].[C-]#[O+].[Co].[Co]. The summed E-state index contributed by atoms with van der Waals surface area (Å²) in [5, 5.41) is 11.0. The van der Waals surface area contributed by atoms with Crippen LogP contribution in [-0.4, -0.2) is 31.5 Å². The van der Waals surface area contributed by atoms with Gasteiger partial charge in [-0.25, -0.2) is 0 Å². The van der Waals surface area contributed by atoms with Crippen LogP contribution in [0, 0.1) is 39.9 Å². The van der Waals surface area contributed by atoms with Gasteiger partial charge in [-0.1, -0.05) is 62.9 Å². The van der Waals surface area contributed by atoms with Gasteiger partial charge in [-0.3, -0.25) is 4.18 Å². The molecule has 0 fully saturated rings. The van der Waals surface area contributed by atoms with E-state index in [2.05, 4.69) is 46.8 Å². The van der Waals surface area contributed by atoms with Crippen LogP contribution in [0.3, 0.4) is 0 Å². The van der Waals surface area contributed by atoms with Gasteiger partial charge in [0.25, 0.3) is 10.1 Å². The van der Waals surface area contributed by atoms with Crippen molar-refractivity contribution in [1.82, 2.24) is 0 Å². The molecule has 210 valence electrons. The van der Waals surface area contributed by atoms with Crippen LogP contribution in [0.2, 0.25) is 0 Å². The maximum Gasteiger partial charge on any atom is 0 e. The molecule has 10 nitrogen and oxygen atoms in total. The molecule has 0 saturated carbocycles. The van der Waals surface area contributed by atoms with Crippen molar-refractivity contribution in [2.24, 2.45) is 0 Å². The molecule has 1 aromatic carbocycles. The number of benzene rings is 1. The fraction of sp³-hybridized carbons (Fsp3) is 0.500. The zero-order valence-corrected chi connectivity index (χ0v) is 23.5. The summed E-state index contributed by atoms with van der Waals surface area (Å²) in [6.07, 6.45) is 6.17. The fourth-order valence-corrected chi connectivity index (χ4v) is 3.45. The summed E-state index contributed by atoms with van der Waals surface area (Å²) >= 11 is 0. The van der Waals surface area contributed by atoms with Crippen molar-refractivity contribution in [3.63, 3.8) is 0 Å². The van der Waals surface area contributed by atoms with E-state index in [4.69, 9.17) is 32.1 Å². The molecule has 1 N–H and O–H groups in total. The summed E-state index contributed by atoms with van der Waals surface area (Å²) in [6, 6.07) is 9.91. The third kappa shape index (κ3) is 39.2. The van der Waals surface area contributed by atoms with Crippen molar-refractivity contribution < 1.29 is 79.2 Å². The van der Waals surface area contributed by atoms with E-state index in [-0.39, 0.29) is 33.6 Å².